The van der Waals surface area contributed by atoms with Gasteiger partial charge >= 0.3 is 5.97 Å². The van der Waals surface area contributed by atoms with Crippen LogP contribution in [0.4, 0.5) is 5.69 Å². The first-order chi connectivity index (χ1) is 11.9. The number of benzene rings is 1. The van der Waals surface area contributed by atoms with Gasteiger partial charge in [0.25, 0.3) is 0 Å². The SMILES string of the molecule is CCCNS(=O)(=O)c1ccc(NC(=O)CCC(=O)OCCOC)cc1. The van der Waals surface area contributed by atoms with Gasteiger partial charge in [-0.05, 0) is 30.7 Å². The predicted molar refractivity (Wildman–Crippen MR) is 92.6 cm³/mol. The summed E-state index contributed by atoms with van der Waals surface area (Å²) in [4.78, 5) is 23.3. The van der Waals surface area contributed by atoms with E-state index in [1.807, 2.05) is 6.92 Å². The van der Waals surface area contributed by atoms with Gasteiger partial charge in [0.2, 0.25) is 15.9 Å². The Morgan fingerprint density at radius 2 is 1.76 bits per heavy atom. The third-order valence-electron chi connectivity index (χ3n) is 3.10. The van der Waals surface area contributed by atoms with Gasteiger partial charge in [0, 0.05) is 25.8 Å². The van der Waals surface area contributed by atoms with Crippen molar-refractivity contribution in [2.24, 2.45) is 0 Å². The maximum Gasteiger partial charge on any atom is 0.306 e. The Hall–Kier alpha value is -1.97. The first-order valence-corrected chi connectivity index (χ1v) is 9.41. The van der Waals surface area contributed by atoms with E-state index < -0.39 is 16.0 Å². The number of esters is 1. The Balaban J connectivity index is 2.47. The highest BCUT2D eigenvalue weighted by molar-refractivity contribution is 7.89. The maximum atomic E-state index is 12.0. The van der Waals surface area contributed by atoms with Gasteiger partial charge in [-0.15, -0.1) is 0 Å². The third kappa shape index (κ3) is 8.10. The molecule has 0 bridgehead atoms. The molecule has 0 saturated carbocycles. The molecule has 0 heterocycles. The van der Waals surface area contributed by atoms with Crippen molar-refractivity contribution in [3.8, 4) is 0 Å². The summed E-state index contributed by atoms with van der Waals surface area (Å²) in [7, 11) is -2.04. The molecule has 0 spiro atoms. The molecule has 0 fully saturated rings. The molecule has 1 rings (SSSR count). The van der Waals surface area contributed by atoms with Crippen LogP contribution >= 0.6 is 0 Å². The summed E-state index contributed by atoms with van der Waals surface area (Å²) >= 11 is 0. The molecule has 1 amide bonds. The van der Waals surface area contributed by atoms with Crippen LogP contribution < -0.4 is 10.0 Å². The molecule has 2 N–H and O–H groups in total. The summed E-state index contributed by atoms with van der Waals surface area (Å²) < 4.78 is 36.0. The fourth-order valence-corrected chi connectivity index (χ4v) is 2.92. The molecule has 9 heteroatoms. The van der Waals surface area contributed by atoms with Crippen molar-refractivity contribution in [3.05, 3.63) is 24.3 Å². The Kier molecular flexibility index (Phi) is 9.11. The molecular weight excluding hydrogens is 348 g/mol. The van der Waals surface area contributed by atoms with Crippen molar-refractivity contribution in [1.82, 2.24) is 4.72 Å². The number of nitrogens with one attached hydrogen (secondary N) is 2. The molecule has 0 saturated heterocycles. The molecular formula is C16H24N2O6S. The number of hydrogen-bond donors (Lipinski definition) is 2. The molecule has 0 radical (unpaired) electrons. The van der Waals surface area contributed by atoms with Gasteiger partial charge in [0.05, 0.1) is 17.9 Å². The summed E-state index contributed by atoms with van der Waals surface area (Å²) in [6.45, 7) is 2.69. The van der Waals surface area contributed by atoms with E-state index in [9.17, 15) is 18.0 Å². The van der Waals surface area contributed by atoms with Crippen LogP contribution in [0.15, 0.2) is 29.2 Å². The van der Waals surface area contributed by atoms with Crippen LogP contribution in [0.2, 0.25) is 0 Å². The second-order valence-electron chi connectivity index (χ2n) is 5.18. The summed E-state index contributed by atoms with van der Waals surface area (Å²) in [6, 6.07) is 5.81. The van der Waals surface area contributed by atoms with Gasteiger partial charge in [0.15, 0.2) is 0 Å². The average Bonchev–Trinajstić information content (AvgIpc) is 2.59. The minimum Gasteiger partial charge on any atom is -0.463 e. The first-order valence-electron chi connectivity index (χ1n) is 7.93. The molecule has 8 nitrogen and oxygen atoms in total. The minimum atomic E-state index is -3.53. The van der Waals surface area contributed by atoms with Crippen LogP contribution in [0.25, 0.3) is 0 Å². The van der Waals surface area contributed by atoms with Gasteiger partial charge in [-0.2, -0.15) is 0 Å². The van der Waals surface area contributed by atoms with E-state index in [-0.39, 0.29) is 30.3 Å². The smallest absolute Gasteiger partial charge is 0.306 e. The fraction of sp³-hybridized carbons (Fsp3) is 0.500. The molecule has 0 aromatic heterocycles. The largest absolute Gasteiger partial charge is 0.463 e. The lowest BCUT2D eigenvalue weighted by Crippen LogP contribution is -2.24. The molecule has 1 aromatic rings. The number of ether oxygens (including phenoxy) is 2. The summed E-state index contributed by atoms with van der Waals surface area (Å²) in [5, 5.41) is 2.60. The number of hydrogen-bond acceptors (Lipinski definition) is 6. The summed E-state index contributed by atoms with van der Waals surface area (Å²) in [5.74, 6) is -0.834. The zero-order chi connectivity index (χ0) is 18.7. The lowest BCUT2D eigenvalue weighted by molar-refractivity contribution is -0.145. The van der Waals surface area contributed by atoms with Crippen molar-refractivity contribution in [2.75, 3.05) is 32.2 Å². The summed E-state index contributed by atoms with van der Waals surface area (Å²) in [6.07, 6.45) is 0.633. The highest BCUT2D eigenvalue weighted by atomic mass is 32.2. The fourth-order valence-electron chi connectivity index (χ4n) is 1.79. The first kappa shape index (κ1) is 21.1. The van der Waals surface area contributed by atoms with Crippen LogP contribution in [-0.4, -0.2) is 47.2 Å². The van der Waals surface area contributed by atoms with Crippen LogP contribution in [-0.2, 0) is 29.1 Å². The number of rotatable bonds is 11. The predicted octanol–water partition coefficient (Wildman–Crippen LogP) is 1.28. The van der Waals surface area contributed by atoms with Crippen LogP contribution in [0, 0.1) is 0 Å². The van der Waals surface area contributed by atoms with E-state index in [4.69, 9.17) is 9.47 Å². The van der Waals surface area contributed by atoms with Gasteiger partial charge in [-0.1, -0.05) is 6.92 Å². The van der Waals surface area contributed by atoms with Gasteiger partial charge in [-0.25, -0.2) is 13.1 Å². The average molecular weight is 372 g/mol. The minimum absolute atomic E-state index is 0.0239. The van der Waals surface area contributed by atoms with E-state index in [1.165, 1.54) is 31.4 Å². The normalized spacial score (nSPS) is 11.1. The number of methoxy groups -OCH3 is 1. The van der Waals surface area contributed by atoms with Crippen molar-refractivity contribution in [1.29, 1.82) is 0 Å². The number of carbonyl (C=O) groups excluding carboxylic acids is 2. The van der Waals surface area contributed by atoms with E-state index in [0.717, 1.165) is 0 Å². The van der Waals surface area contributed by atoms with Crippen molar-refractivity contribution >= 4 is 27.6 Å². The second kappa shape index (κ2) is 10.8. The van der Waals surface area contributed by atoms with Crippen LogP contribution in [0.1, 0.15) is 26.2 Å². The molecule has 0 aliphatic heterocycles. The Bertz CT molecular complexity index is 658. The Morgan fingerprint density at radius 3 is 2.36 bits per heavy atom. The van der Waals surface area contributed by atoms with Crippen LogP contribution in [0.3, 0.4) is 0 Å². The standard InChI is InChI=1S/C16H24N2O6S/c1-3-10-17-25(21,22)14-6-4-13(5-7-14)18-15(19)8-9-16(20)24-12-11-23-2/h4-7,17H,3,8-12H2,1-2H3,(H,18,19). The molecule has 25 heavy (non-hydrogen) atoms. The topological polar surface area (TPSA) is 111 Å². The van der Waals surface area contributed by atoms with Crippen molar-refractivity contribution in [2.45, 2.75) is 31.1 Å². The van der Waals surface area contributed by atoms with E-state index in [0.29, 0.717) is 25.3 Å². The molecule has 0 atom stereocenters. The molecule has 0 aliphatic rings. The number of carbonyl (C=O) groups is 2. The Morgan fingerprint density at radius 1 is 1.08 bits per heavy atom. The lowest BCUT2D eigenvalue weighted by Gasteiger charge is -2.08. The van der Waals surface area contributed by atoms with Crippen LogP contribution in [0.5, 0.6) is 0 Å². The van der Waals surface area contributed by atoms with Crippen molar-refractivity contribution < 1.29 is 27.5 Å². The van der Waals surface area contributed by atoms with Gasteiger partial charge < -0.3 is 14.8 Å². The highest BCUT2D eigenvalue weighted by Crippen LogP contribution is 2.14. The Labute approximate surface area is 147 Å². The molecule has 0 aliphatic carbocycles. The summed E-state index contributed by atoms with van der Waals surface area (Å²) in [5.41, 5.74) is 0.451. The number of sulfonamides is 1. The molecule has 0 unspecified atom stereocenters. The number of anilines is 1. The monoisotopic (exact) mass is 372 g/mol. The highest BCUT2D eigenvalue weighted by Gasteiger charge is 2.13. The quantitative estimate of drug-likeness (QED) is 0.447. The zero-order valence-corrected chi connectivity index (χ0v) is 15.2. The second-order valence-corrected chi connectivity index (χ2v) is 6.95. The van der Waals surface area contributed by atoms with E-state index >= 15 is 0 Å². The maximum absolute atomic E-state index is 12.0. The number of amides is 1. The zero-order valence-electron chi connectivity index (χ0n) is 14.4. The third-order valence-corrected chi connectivity index (χ3v) is 4.57. The van der Waals surface area contributed by atoms with Gasteiger partial charge in [0.1, 0.15) is 6.61 Å². The molecule has 140 valence electrons. The molecule has 1 aromatic carbocycles. The van der Waals surface area contributed by atoms with E-state index in [1.54, 1.807) is 0 Å². The lowest BCUT2D eigenvalue weighted by atomic mass is 10.2. The van der Waals surface area contributed by atoms with Crippen molar-refractivity contribution in [3.63, 3.8) is 0 Å². The van der Waals surface area contributed by atoms with Gasteiger partial charge in [-0.3, -0.25) is 9.59 Å². The van der Waals surface area contributed by atoms with E-state index in [2.05, 4.69) is 10.0 Å².